The van der Waals surface area contributed by atoms with E-state index in [2.05, 4.69) is 11.1 Å². The van der Waals surface area contributed by atoms with Crippen LogP contribution in [-0.4, -0.2) is 51.3 Å². The summed E-state index contributed by atoms with van der Waals surface area (Å²) in [7, 11) is 1.15. The number of ether oxygens (including phenoxy) is 2. The highest BCUT2D eigenvalue weighted by atomic mass is 19.1. The molecule has 4 aromatic rings. The summed E-state index contributed by atoms with van der Waals surface area (Å²) in [4.78, 5) is 38.2. The number of fused-ring (bicyclic) bond motifs is 1. The molecule has 1 atom stereocenters. The van der Waals surface area contributed by atoms with Gasteiger partial charge in [-0.05, 0) is 58.7 Å². The van der Waals surface area contributed by atoms with Gasteiger partial charge >= 0.3 is 6.09 Å². The van der Waals surface area contributed by atoms with Crippen molar-refractivity contribution in [2.45, 2.75) is 52.1 Å². The molecule has 43 heavy (non-hydrogen) atoms. The molecule has 0 spiro atoms. The van der Waals surface area contributed by atoms with Gasteiger partial charge in [0.15, 0.2) is 17.4 Å². The number of carbonyl (C=O) groups is 1. The molecule has 1 unspecified atom stereocenters. The van der Waals surface area contributed by atoms with Gasteiger partial charge in [0, 0.05) is 54.2 Å². The number of hydrogen-bond acceptors (Lipinski definition) is 7. The number of hydrogen-bond donors (Lipinski definition) is 0. The molecule has 9 nitrogen and oxygen atoms in total. The lowest BCUT2D eigenvalue weighted by molar-refractivity contribution is 0.0195. The van der Waals surface area contributed by atoms with E-state index < -0.39 is 40.6 Å². The molecule has 3 heterocycles. The zero-order chi connectivity index (χ0) is 31.1. The van der Waals surface area contributed by atoms with Gasteiger partial charge < -0.3 is 14.4 Å². The van der Waals surface area contributed by atoms with Gasteiger partial charge in [0.05, 0.1) is 35.3 Å². The Labute approximate surface area is 247 Å². The molecule has 1 amide bonds. The van der Waals surface area contributed by atoms with Crippen molar-refractivity contribution in [2.24, 2.45) is 0 Å². The van der Waals surface area contributed by atoms with Crippen LogP contribution in [0.3, 0.4) is 0 Å². The molecule has 5 rings (SSSR count). The highest BCUT2D eigenvalue weighted by Gasteiger charge is 2.32. The van der Waals surface area contributed by atoms with Crippen LogP contribution in [0.5, 0.6) is 5.75 Å². The minimum Gasteiger partial charge on any atom is -0.491 e. The molecule has 0 saturated carbocycles. The third-order valence-corrected chi connectivity index (χ3v) is 7.23. The second-order valence-corrected chi connectivity index (χ2v) is 11.5. The molecule has 222 valence electrons. The Balaban J connectivity index is 1.78. The molecule has 1 aliphatic heterocycles. The van der Waals surface area contributed by atoms with Crippen molar-refractivity contribution in [2.75, 3.05) is 20.2 Å². The number of pyridine rings is 1. The largest absolute Gasteiger partial charge is 0.491 e. The second-order valence-electron chi connectivity index (χ2n) is 11.5. The van der Waals surface area contributed by atoms with Crippen LogP contribution in [0.1, 0.15) is 56.6 Å². The predicted molar refractivity (Wildman–Crippen MR) is 156 cm³/mol. The molecule has 0 N–H and O–H groups in total. The first-order chi connectivity index (χ1) is 20.4. The Morgan fingerprint density at radius 3 is 2.47 bits per heavy atom. The normalized spacial score (nSPS) is 15.3. The number of amides is 1. The van der Waals surface area contributed by atoms with E-state index in [1.807, 2.05) is 19.1 Å². The molecule has 0 aliphatic carbocycles. The second kappa shape index (κ2) is 11.4. The van der Waals surface area contributed by atoms with Crippen LogP contribution in [0.15, 0.2) is 47.4 Å². The van der Waals surface area contributed by atoms with Crippen LogP contribution < -0.4 is 10.3 Å². The first kappa shape index (κ1) is 29.6. The lowest BCUT2D eigenvalue weighted by atomic mass is 9.95. The summed E-state index contributed by atoms with van der Waals surface area (Å²) >= 11 is 0. The molecule has 1 fully saturated rings. The van der Waals surface area contributed by atoms with E-state index in [1.165, 1.54) is 6.07 Å². The first-order valence-electron chi connectivity index (χ1n) is 13.9. The highest BCUT2D eigenvalue weighted by Crippen LogP contribution is 2.34. The van der Waals surface area contributed by atoms with Gasteiger partial charge in [-0.2, -0.15) is 5.26 Å². The average molecular weight is 588 g/mol. The number of nitrogens with zero attached hydrogens (tertiary/aromatic N) is 5. The maximum absolute atomic E-state index is 15.0. The Kier molecular flexibility index (Phi) is 7.88. The lowest BCUT2D eigenvalue weighted by Crippen LogP contribution is -2.43. The van der Waals surface area contributed by atoms with E-state index in [9.17, 15) is 23.6 Å². The molecule has 1 saturated heterocycles. The number of rotatable bonds is 4. The van der Waals surface area contributed by atoms with Crippen molar-refractivity contribution in [1.82, 2.24) is 19.4 Å². The molecular weight excluding hydrogens is 556 g/mol. The Morgan fingerprint density at radius 2 is 1.86 bits per heavy atom. The predicted octanol–water partition coefficient (Wildman–Crippen LogP) is 6.03. The summed E-state index contributed by atoms with van der Waals surface area (Å²) < 4.78 is 41.5. The zero-order valence-electron chi connectivity index (χ0n) is 24.6. The minimum atomic E-state index is -0.994. The fourth-order valence-electron chi connectivity index (χ4n) is 5.29. The number of aryl methyl sites for hydroxylation is 1. The molecule has 0 bridgehead atoms. The molecule has 2 aromatic carbocycles. The van der Waals surface area contributed by atoms with Gasteiger partial charge in [0.2, 0.25) is 0 Å². The van der Waals surface area contributed by atoms with Crippen LogP contribution >= 0.6 is 0 Å². The SMILES string of the molecule is COc1c(F)cc(-n2c(C3CCCN(C(=O)OC(C)(C)C)C3)nc3c(-c4ccc(C)nc4)cc(C#N)cc3c2=O)cc1F. The fraction of sp³-hybridized carbons (Fsp3) is 0.344. The minimum absolute atomic E-state index is 0.0924. The maximum Gasteiger partial charge on any atom is 0.410 e. The summed E-state index contributed by atoms with van der Waals surface area (Å²) in [5.74, 6) is -2.83. The van der Waals surface area contributed by atoms with Crippen LogP contribution in [-0.2, 0) is 4.74 Å². The van der Waals surface area contributed by atoms with Gasteiger partial charge in [-0.1, -0.05) is 6.07 Å². The fourth-order valence-corrected chi connectivity index (χ4v) is 5.29. The van der Waals surface area contributed by atoms with Gasteiger partial charge in [-0.15, -0.1) is 0 Å². The van der Waals surface area contributed by atoms with E-state index in [0.29, 0.717) is 36.0 Å². The summed E-state index contributed by atoms with van der Waals surface area (Å²) in [6.45, 7) is 7.79. The van der Waals surface area contributed by atoms with Crippen molar-refractivity contribution in [3.05, 3.63) is 81.7 Å². The molecule has 11 heteroatoms. The summed E-state index contributed by atoms with van der Waals surface area (Å²) in [5.41, 5.74) is 1.04. The lowest BCUT2D eigenvalue weighted by Gasteiger charge is -2.34. The van der Waals surface area contributed by atoms with Gasteiger partial charge in [-0.3, -0.25) is 14.3 Å². The number of benzene rings is 2. The molecule has 2 aromatic heterocycles. The smallest absolute Gasteiger partial charge is 0.410 e. The number of halogens is 2. The first-order valence-corrected chi connectivity index (χ1v) is 13.9. The monoisotopic (exact) mass is 587 g/mol. The number of likely N-dealkylation sites (tertiary alicyclic amines) is 1. The number of methoxy groups -OCH3 is 1. The Bertz CT molecular complexity index is 1800. The van der Waals surface area contributed by atoms with Crippen molar-refractivity contribution in [3.8, 4) is 28.6 Å². The third-order valence-electron chi connectivity index (χ3n) is 7.23. The topological polar surface area (TPSA) is 110 Å². The molecule has 1 aliphatic rings. The van der Waals surface area contributed by atoms with Crippen LogP contribution in [0.2, 0.25) is 0 Å². The standard InChI is InChI=1S/C32H31F2N5O4/c1-18-8-9-20(16-36-18)23-11-19(15-35)12-24-27(23)37-29(21-7-6-10-38(17-21)31(41)43-32(2,3)4)39(30(24)40)22-13-25(33)28(42-5)26(34)14-22/h8-9,11-14,16,21H,6-7,10,17H2,1-5H3. The van der Waals surface area contributed by atoms with Crippen molar-refractivity contribution in [1.29, 1.82) is 5.26 Å². The number of nitriles is 1. The third kappa shape index (κ3) is 5.91. The Hall–Kier alpha value is -4.85. The summed E-state index contributed by atoms with van der Waals surface area (Å²) in [5, 5.41) is 9.88. The zero-order valence-corrected chi connectivity index (χ0v) is 24.6. The summed E-state index contributed by atoms with van der Waals surface area (Å²) in [6.07, 6.45) is 2.27. The number of carbonyl (C=O) groups excluding carboxylic acids is 1. The molecular formula is C32H31F2N5O4. The maximum atomic E-state index is 15.0. The Morgan fingerprint density at radius 1 is 1.14 bits per heavy atom. The summed E-state index contributed by atoms with van der Waals surface area (Å²) in [6, 6.07) is 10.8. The van der Waals surface area contributed by atoms with Crippen molar-refractivity contribution in [3.63, 3.8) is 0 Å². The van der Waals surface area contributed by atoms with E-state index in [0.717, 1.165) is 29.5 Å². The van der Waals surface area contributed by atoms with Crippen LogP contribution in [0.4, 0.5) is 13.6 Å². The average Bonchev–Trinajstić information content (AvgIpc) is 2.96. The quantitative estimate of drug-likeness (QED) is 0.287. The van der Waals surface area contributed by atoms with E-state index >= 15 is 0 Å². The van der Waals surface area contributed by atoms with E-state index in [-0.39, 0.29) is 29.0 Å². The van der Waals surface area contributed by atoms with E-state index in [1.54, 1.807) is 37.9 Å². The van der Waals surface area contributed by atoms with Gasteiger partial charge in [-0.25, -0.2) is 18.6 Å². The number of aromatic nitrogens is 3. The van der Waals surface area contributed by atoms with Crippen LogP contribution in [0.25, 0.3) is 27.7 Å². The highest BCUT2D eigenvalue weighted by molar-refractivity contribution is 5.94. The van der Waals surface area contributed by atoms with E-state index in [4.69, 9.17) is 14.5 Å². The van der Waals surface area contributed by atoms with Crippen molar-refractivity contribution < 1.29 is 23.0 Å². The van der Waals surface area contributed by atoms with Crippen LogP contribution in [0, 0.1) is 29.9 Å². The number of piperidine rings is 1. The van der Waals surface area contributed by atoms with Gasteiger partial charge in [0.25, 0.3) is 5.56 Å². The van der Waals surface area contributed by atoms with Crippen molar-refractivity contribution >= 4 is 17.0 Å². The van der Waals surface area contributed by atoms with Gasteiger partial charge in [0.1, 0.15) is 11.4 Å². The molecule has 0 radical (unpaired) electrons.